The van der Waals surface area contributed by atoms with Crippen molar-refractivity contribution in [3.8, 4) is 0 Å². The van der Waals surface area contributed by atoms with Crippen LogP contribution in [0.15, 0.2) is 28.8 Å². The van der Waals surface area contributed by atoms with E-state index in [2.05, 4.69) is 15.3 Å². The SMILES string of the molecule is Cc1ncc(CNC(=O)c2cnc3sccn3c2=O)s1. The lowest BCUT2D eigenvalue weighted by Gasteiger charge is -2.02. The van der Waals surface area contributed by atoms with Gasteiger partial charge in [-0.2, -0.15) is 0 Å². The molecule has 6 nitrogen and oxygen atoms in total. The zero-order chi connectivity index (χ0) is 14.1. The third-order valence-corrected chi connectivity index (χ3v) is 4.36. The fourth-order valence-electron chi connectivity index (χ4n) is 1.73. The second-order valence-electron chi connectivity index (χ2n) is 4.06. The Morgan fingerprint density at radius 3 is 3.00 bits per heavy atom. The number of rotatable bonds is 3. The molecule has 0 spiro atoms. The van der Waals surface area contributed by atoms with E-state index in [-0.39, 0.29) is 11.1 Å². The number of nitrogens with zero attached hydrogens (tertiary/aromatic N) is 3. The fraction of sp³-hybridized carbons (Fsp3) is 0.167. The molecule has 0 aliphatic heterocycles. The lowest BCUT2D eigenvalue weighted by molar-refractivity contribution is 0.0949. The molecular formula is C12H10N4O2S2. The van der Waals surface area contributed by atoms with Crippen LogP contribution in [-0.2, 0) is 6.54 Å². The molecule has 0 saturated heterocycles. The van der Waals surface area contributed by atoms with Gasteiger partial charge in [0.25, 0.3) is 11.5 Å². The normalized spacial score (nSPS) is 10.8. The van der Waals surface area contributed by atoms with E-state index in [0.717, 1.165) is 9.88 Å². The van der Waals surface area contributed by atoms with Crippen molar-refractivity contribution in [1.29, 1.82) is 0 Å². The Hall–Kier alpha value is -2.06. The molecule has 1 amide bonds. The van der Waals surface area contributed by atoms with Gasteiger partial charge in [-0.1, -0.05) is 0 Å². The molecule has 0 aliphatic carbocycles. The summed E-state index contributed by atoms with van der Waals surface area (Å²) in [4.78, 5) is 33.9. The molecule has 0 fully saturated rings. The Morgan fingerprint density at radius 2 is 2.25 bits per heavy atom. The molecule has 0 saturated carbocycles. The number of carbonyl (C=O) groups excluding carboxylic acids is 1. The van der Waals surface area contributed by atoms with E-state index in [1.807, 2.05) is 6.92 Å². The lowest BCUT2D eigenvalue weighted by Crippen LogP contribution is -2.30. The summed E-state index contributed by atoms with van der Waals surface area (Å²) in [6.45, 7) is 2.26. The monoisotopic (exact) mass is 306 g/mol. The predicted octanol–water partition coefficient (Wildman–Crippen LogP) is 1.45. The number of hydrogen-bond acceptors (Lipinski definition) is 6. The Morgan fingerprint density at radius 1 is 1.40 bits per heavy atom. The van der Waals surface area contributed by atoms with Crippen molar-refractivity contribution in [2.75, 3.05) is 0 Å². The molecule has 20 heavy (non-hydrogen) atoms. The van der Waals surface area contributed by atoms with Crippen molar-refractivity contribution >= 4 is 33.5 Å². The molecule has 3 aromatic heterocycles. The highest BCUT2D eigenvalue weighted by Crippen LogP contribution is 2.11. The third kappa shape index (κ3) is 2.35. The Labute approximate surface area is 121 Å². The maximum atomic E-state index is 12.1. The molecule has 3 aromatic rings. The lowest BCUT2D eigenvalue weighted by atomic mass is 10.3. The van der Waals surface area contributed by atoms with Crippen LogP contribution < -0.4 is 10.9 Å². The first kappa shape index (κ1) is 12.9. The molecule has 0 atom stereocenters. The summed E-state index contributed by atoms with van der Waals surface area (Å²) in [6.07, 6.45) is 4.65. The standard InChI is InChI=1S/C12H10N4O2S2/c1-7-13-4-8(20-7)5-14-10(17)9-6-15-12-16(11(9)18)2-3-19-12/h2-4,6H,5H2,1H3,(H,14,17). The van der Waals surface area contributed by atoms with Crippen LogP contribution in [0.3, 0.4) is 0 Å². The van der Waals surface area contributed by atoms with Crippen molar-refractivity contribution < 1.29 is 4.79 Å². The summed E-state index contributed by atoms with van der Waals surface area (Å²) < 4.78 is 1.37. The van der Waals surface area contributed by atoms with Crippen molar-refractivity contribution in [3.63, 3.8) is 0 Å². The molecule has 0 aromatic carbocycles. The number of fused-ring (bicyclic) bond motifs is 1. The van der Waals surface area contributed by atoms with Gasteiger partial charge in [0.05, 0.1) is 11.6 Å². The summed E-state index contributed by atoms with van der Waals surface area (Å²) in [5.41, 5.74) is -0.309. The number of aromatic nitrogens is 3. The molecule has 1 N–H and O–H groups in total. The van der Waals surface area contributed by atoms with E-state index in [0.29, 0.717) is 11.5 Å². The Kier molecular flexibility index (Phi) is 3.33. The van der Waals surface area contributed by atoms with E-state index in [1.54, 1.807) is 17.8 Å². The molecule has 0 aliphatic rings. The fourth-order valence-corrected chi connectivity index (χ4v) is 3.14. The van der Waals surface area contributed by atoms with Gasteiger partial charge in [0.2, 0.25) is 0 Å². The summed E-state index contributed by atoms with van der Waals surface area (Å²) in [5.74, 6) is -0.422. The second-order valence-corrected chi connectivity index (χ2v) is 6.25. The van der Waals surface area contributed by atoms with Crippen LogP contribution in [0.2, 0.25) is 0 Å². The number of aryl methyl sites for hydroxylation is 1. The number of thiazole rings is 2. The van der Waals surface area contributed by atoms with Gasteiger partial charge in [-0.15, -0.1) is 22.7 Å². The van der Waals surface area contributed by atoms with Gasteiger partial charge in [0.15, 0.2) is 4.96 Å². The molecule has 0 bridgehead atoms. The molecule has 3 heterocycles. The minimum atomic E-state index is -0.422. The Bertz CT molecular complexity index is 833. The van der Waals surface area contributed by atoms with E-state index < -0.39 is 5.91 Å². The van der Waals surface area contributed by atoms with Crippen molar-refractivity contribution in [1.82, 2.24) is 19.7 Å². The first-order valence-electron chi connectivity index (χ1n) is 5.79. The number of nitrogens with one attached hydrogen (secondary N) is 1. The quantitative estimate of drug-likeness (QED) is 0.794. The second kappa shape index (κ2) is 5.14. The van der Waals surface area contributed by atoms with E-state index in [1.165, 1.54) is 33.3 Å². The van der Waals surface area contributed by atoms with Gasteiger partial charge >= 0.3 is 0 Å². The zero-order valence-corrected chi connectivity index (χ0v) is 12.1. The maximum absolute atomic E-state index is 12.1. The van der Waals surface area contributed by atoms with Crippen molar-refractivity contribution in [2.45, 2.75) is 13.5 Å². The largest absolute Gasteiger partial charge is 0.347 e. The van der Waals surface area contributed by atoms with Crippen molar-refractivity contribution in [2.24, 2.45) is 0 Å². The summed E-state index contributed by atoms with van der Waals surface area (Å²) in [7, 11) is 0. The molecule has 0 radical (unpaired) electrons. The van der Waals surface area contributed by atoms with Crippen LogP contribution >= 0.6 is 22.7 Å². The zero-order valence-electron chi connectivity index (χ0n) is 10.5. The van der Waals surface area contributed by atoms with Crippen LogP contribution in [0.1, 0.15) is 20.2 Å². The van der Waals surface area contributed by atoms with Gasteiger partial charge in [0, 0.05) is 28.8 Å². The van der Waals surface area contributed by atoms with Crippen molar-refractivity contribution in [3.05, 3.63) is 49.8 Å². The number of carbonyl (C=O) groups is 1. The van der Waals surface area contributed by atoms with Gasteiger partial charge in [0.1, 0.15) is 5.56 Å². The van der Waals surface area contributed by atoms with E-state index in [9.17, 15) is 9.59 Å². The molecule has 0 unspecified atom stereocenters. The average molecular weight is 306 g/mol. The predicted molar refractivity (Wildman–Crippen MR) is 77.4 cm³/mol. The molecule has 3 rings (SSSR count). The van der Waals surface area contributed by atoms with Crippen LogP contribution in [0.4, 0.5) is 0 Å². The van der Waals surface area contributed by atoms with Crippen LogP contribution in [0, 0.1) is 6.92 Å². The summed E-state index contributed by atoms with van der Waals surface area (Å²) in [6, 6.07) is 0. The topological polar surface area (TPSA) is 76.4 Å². The van der Waals surface area contributed by atoms with Crippen LogP contribution in [-0.4, -0.2) is 20.3 Å². The Balaban J connectivity index is 1.82. The molecule has 8 heteroatoms. The van der Waals surface area contributed by atoms with Gasteiger partial charge < -0.3 is 5.32 Å². The van der Waals surface area contributed by atoms with E-state index in [4.69, 9.17) is 0 Å². The van der Waals surface area contributed by atoms with Gasteiger partial charge in [-0.05, 0) is 6.92 Å². The summed E-state index contributed by atoms with van der Waals surface area (Å²) >= 11 is 2.86. The third-order valence-electron chi connectivity index (χ3n) is 2.68. The summed E-state index contributed by atoms with van der Waals surface area (Å²) in [5, 5.41) is 5.40. The highest BCUT2D eigenvalue weighted by molar-refractivity contribution is 7.15. The van der Waals surface area contributed by atoms with E-state index >= 15 is 0 Å². The van der Waals surface area contributed by atoms with Gasteiger partial charge in [-0.3, -0.25) is 14.0 Å². The first-order valence-corrected chi connectivity index (χ1v) is 7.49. The number of amides is 1. The van der Waals surface area contributed by atoms with Crippen LogP contribution in [0.5, 0.6) is 0 Å². The highest BCUT2D eigenvalue weighted by Gasteiger charge is 2.13. The minimum Gasteiger partial charge on any atom is -0.347 e. The highest BCUT2D eigenvalue weighted by atomic mass is 32.1. The molecule has 102 valence electrons. The minimum absolute atomic E-state index is 0.0436. The first-order chi connectivity index (χ1) is 9.65. The number of hydrogen-bond donors (Lipinski definition) is 1. The molecular weight excluding hydrogens is 296 g/mol. The van der Waals surface area contributed by atoms with Crippen LogP contribution in [0.25, 0.3) is 4.96 Å². The maximum Gasteiger partial charge on any atom is 0.271 e. The van der Waals surface area contributed by atoms with Gasteiger partial charge in [-0.25, -0.2) is 9.97 Å². The smallest absolute Gasteiger partial charge is 0.271 e. The average Bonchev–Trinajstić information content (AvgIpc) is 3.05.